The molecule has 5 atom stereocenters. The molecule has 2 aliphatic rings. The van der Waals surface area contributed by atoms with Crippen molar-refractivity contribution in [1.82, 2.24) is 4.90 Å². The summed E-state index contributed by atoms with van der Waals surface area (Å²) in [6.45, 7) is 6.64. The largest absolute Gasteiger partial charge is 0.508 e. The summed E-state index contributed by atoms with van der Waals surface area (Å²) in [6.07, 6.45) is 1.64. The van der Waals surface area contributed by atoms with Gasteiger partial charge in [0.1, 0.15) is 11.5 Å². The van der Waals surface area contributed by atoms with Crippen LogP contribution in [0.5, 0.6) is 11.5 Å². The maximum atomic E-state index is 11.3. The van der Waals surface area contributed by atoms with E-state index in [0.29, 0.717) is 29.5 Å². The fourth-order valence-electron chi connectivity index (χ4n) is 5.24. The Morgan fingerprint density at radius 1 is 1.04 bits per heavy atom. The summed E-state index contributed by atoms with van der Waals surface area (Å²) in [5.74, 6) is 2.59. The number of benzene rings is 2. The molecule has 0 radical (unpaired) electrons. The van der Waals surface area contributed by atoms with E-state index < -0.39 is 5.60 Å². The Bertz CT molecular complexity index is 805. The van der Waals surface area contributed by atoms with E-state index in [9.17, 15) is 10.2 Å². The smallest absolute Gasteiger partial charge is 0.119 e. The lowest BCUT2D eigenvalue weighted by atomic mass is 9.89. The Morgan fingerprint density at radius 3 is 2.29 bits per heavy atom. The maximum absolute atomic E-state index is 11.3. The van der Waals surface area contributed by atoms with Gasteiger partial charge in [-0.2, -0.15) is 0 Å². The number of rotatable bonds is 5. The summed E-state index contributed by atoms with van der Waals surface area (Å²) >= 11 is 0. The number of fused-ring (bicyclic) bond motifs is 1. The van der Waals surface area contributed by atoms with Crippen molar-refractivity contribution in [2.45, 2.75) is 44.2 Å². The molecular weight excluding hydrogens is 350 g/mol. The number of aliphatic hydroxyl groups is 1. The number of hydrogen-bond acceptors (Lipinski definition) is 4. The molecule has 4 rings (SSSR count). The molecule has 1 aliphatic carbocycles. The number of hydrogen-bond donors (Lipinski definition) is 2. The number of likely N-dealkylation sites (tertiary alicyclic amines) is 1. The summed E-state index contributed by atoms with van der Waals surface area (Å²) in [5, 5.41) is 20.9. The summed E-state index contributed by atoms with van der Waals surface area (Å²) in [7, 11) is 1.67. The minimum absolute atomic E-state index is 0.316. The highest BCUT2D eigenvalue weighted by Gasteiger charge is 2.50. The van der Waals surface area contributed by atoms with Crippen molar-refractivity contribution < 1.29 is 14.9 Å². The third-order valence-corrected chi connectivity index (χ3v) is 7.13. The molecule has 2 aromatic rings. The maximum Gasteiger partial charge on any atom is 0.119 e. The number of phenols is 1. The molecule has 4 heteroatoms. The number of aromatic hydroxyl groups is 1. The number of nitrogens with zero attached hydrogens (tertiary/aromatic N) is 1. The zero-order chi connectivity index (χ0) is 19.9. The molecule has 0 bridgehead atoms. The molecule has 0 spiro atoms. The van der Waals surface area contributed by atoms with Crippen LogP contribution in [0.3, 0.4) is 0 Å². The average Bonchev–Trinajstić information content (AvgIpc) is 3.23. The molecular formula is C24H31NO3. The van der Waals surface area contributed by atoms with Crippen molar-refractivity contribution in [3.05, 3.63) is 59.7 Å². The van der Waals surface area contributed by atoms with Crippen LogP contribution in [0.25, 0.3) is 0 Å². The average molecular weight is 382 g/mol. The van der Waals surface area contributed by atoms with Crippen molar-refractivity contribution in [2.75, 3.05) is 20.2 Å². The lowest BCUT2D eigenvalue weighted by Crippen LogP contribution is -2.37. The molecule has 4 nitrogen and oxygen atoms in total. The molecule has 2 aromatic carbocycles. The molecule has 150 valence electrons. The molecule has 1 saturated carbocycles. The molecule has 1 heterocycles. The topological polar surface area (TPSA) is 52.9 Å². The van der Waals surface area contributed by atoms with Crippen LogP contribution in [0, 0.1) is 11.8 Å². The second kappa shape index (κ2) is 7.41. The minimum Gasteiger partial charge on any atom is -0.508 e. The Balaban J connectivity index is 1.42. The van der Waals surface area contributed by atoms with Crippen LogP contribution in [0.1, 0.15) is 43.7 Å². The van der Waals surface area contributed by atoms with Gasteiger partial charge in [-0.15, -0.1) is 0 Å². The van der Waals surface area contributed by atoms with Gasteiger partial charge in [-0.25, -0.2) is 0 Å². The van der Waals surface area contributed by atoms with Crippen LogP contribution in [-0.4, -0.2) is 41.4 Å². The van der Waals surface area contributed by atoms with Crippen molar-refractivity contribution in [3.8, 4) is 11.5 Å². The van der Waals surface area contributed by atoms with E-state index in [-0.39, 0.29) is 0 Å². The molecule has 2 fully saturated rings. The second-order valence-electron chi connectivity index (χ2n) is 8.77. The van der Waals surface area contributed by atoms with Crippen molar-refractivity contribution in [1.29, 1.82) is 0 Å². The normalized spacial score (nSPS) is 29.4. The summed E-state index contributed by atoms with van der Waals surface area (Å²) in [4.78, 5) is 2.58. The standard InChI is InChI=1S/C24H31NO3/c1-16(18-7-9-22(26)10-8-18)17(2)25-14-19-12-24(27,13-20(19)15-25)21-5-4-6-23(11-21)28-3/h4-11,16-17,19-20,26-27H,12-15H2,1-3H3/t16?,17?,19-,20+,24-. The van der Waals surface area contributed by atoms with E-state index in [1.165, 1.54) is 5.56 Å². The van der Waals surface area contributed by atoms with Crippen LogP contribution in [0.4, 0.5) is 0 Å². The fourth-order valence-corrected chi connectivity index (χ4v) is 5.24. The monoisotopic (exact) mass is 381 g/mol. The Hall–Kier alpha value is -2.04. The molecule has 0 aromatic heterocycles. The third-order valence-electron chi connectivity index (χ3n) is 7.13. The highest BCUT2D eigenvalue weighted by atomic mass is 16.5. The van der Waals surface area contributed by atoms with Crippen LogP contribution in [0.2, 0.25) is 0 Å². The van der Waals surface area contributed by atoms with Crippen molar-refractivity contribution in [3.63, 3.8) is 0 Å². The highest BCUT2D eigenvalue weighted by Crippen LogP contribution is 2.50. The van der Waals surface area contributed by atoms with Crippen LogP contribution < -0.4 is 4.74 Å². The van der Waals surface area contributed by atoms with Gasteiger partial charge < -0.3 is 14.9 Å². The van der Waals surface area contributed by atoms with E-state index in [2.05, 4.69) is 18.7 Å². The van der Waals surface area contributed by atoms with Crippen molar-refractivity contribution >= 4 is 0 Å². The molecule has 28 heavy (non-hydrogen) atoms. The second-order valence-corrected chi connectivity index (χ2v) is 8.77. The van der Waals surface area contributed by atoms with Gasteiger partial charge >= 0.3 is 0 Å². The van der Waals surface area contributed by atoms with E-state index in [4.69, 9.17) is 4.74 Å². The number of methoxy groups -OCH3 is 1. The molecule has 1 aliphatic heterocycles. The van der Waals surface area contributed by atoms with Gasteiger partial charge in [-0.05, 0) is 72.9 Å². The molecule has 0 amide bonds. The van der Waals surface area contributed by atoms with Gasteiger partial charge in [0.15, 0.2) is 0 Å². The third kappa shape index (κ3) is 3.51. The fraction of sp³-hybridized carbons (Fsp3) is 0.500. The lowest BCUT2D eigenvalue weighted by Gasteiger charge is -2.32. The first-order valence-electron chi connectivity index (χ1n) is 10.3. The summed E-state index contributed by atoms with van der Waals surface area (Å²) in [5.41, 5.74) is 1.51. The van der Waals surface area contributed by atoms with E-state index in [1.807, 2.05) is 36.4 Å². The minimum atomic E-state index is -0.734. The summed E-state index contributed by atoms with van der Waals surface area (Å²) < 4.78 is 5.34. The van der Waals surface area contributed by atoms with E-state index in [1.54, 1.807) is 19.2 Å². The van der Waals surface area contributed by atoms with Gasteiger partial charge in [0.2, 0.25) is 0 Å². The predicted molar refractivity (Wildman–Crippen MR) is 111 cm³/mol. The first-order chi connectivity index (χ1) is 13.4. The van der Waals surface area contributed by atoms with Crippen LogP contribution >= 0.6 is 0 Å². The number of phenolic OH excluding ortho intramolecular Hbond substituents is 1. The van der Waals surface area contributed by atoms with Gasteiger partial charge in [0.05, 0.1) is 12.7 Å². The Morgan fingerprint density at radius 2 is 1.68 bits per heavy atom. The Labute approximate surface area is 167 Å². The van der Waals surface area contributed by atoms with Gasteiger partial charge in [-0.1, -0.05) is 31.2 Å². The highest BCUT2D eigenvalue weighted by molar-refractivity contribution is 5.34. The van der Waals surface area contributed by atoms with Gasteiger partial charge in [0, 0.05) is 19.1 Å². The van der Waals surface area contributed by atoms with Crippen LogP contribution in [0.15, 0.2) is 48.5 Å². The van der Waals surface area contributed by atoms with Gasteiger partial charge in [-0.3, -0.25) is 4.90 Å². The quantitative estimate of drug-likeness (QED) is 0.818. The lowest BCUT2D eigenvalue weighted by molar-refractivity contribution is 0.0290. The molecule has 2 unspecified atom stereocenters. The SMILES string of the molecule is COc1cccc([C@]2(O)C[C@H]3CN(C(C)C(C)c4ccc(O)cc4)C[C@H]3C2)c1. The number of ether oxygens (including phenoxy) is 1. The first-order valence-corrected chi connectivity index (χ1v) is 10.3. The molecule has 1 saturated heterocycles. The predicted octanol–water partition coefficient (Wildman–Crippen LogP) is 4.12. The zero-order valence-corrected chi connectivity index (χ0v) is 17.0. The first kappa shape index (κ1) is 19.3. The summed E-state index contributed by atoms with van der Waals surface area (Å²) in [6, 6.07) is 15.9. The van der Waals surface area contributed by atoms with Gasteiger partial charge in [0.25, 0.3) is 0 Å². The molecule has 2 N–H and O–H groups in total. The van der Waals surface area contributed by atoms with Crippen molar-refractivity contribution in [2.24, 2.45) is 11.8 Å². The van der Waals surface area contributed by atoms with E-state index >= 15 is 0 Å². The van der Waals surface area contributed by atoms with Crippen LogP contribution in [-0.2, 0) is 5.60 Å². The zero-order valence-electron chi connectivity index (χ0n) is 17.0. The Kier molecular flexibility index (Phi) is 5.11. The van der Waals surface area contributed by atoms with E-state index in [0.717, 1.165) is 37.2 Å².